The summed E-state index contributed by atoms with van der Waals surface area (Å²) in [4.78, 5) is 14.2. The molecule has 0 bridgehead atoms. The van der Waals surface area contributed by atoms with Gasteiger partial charge in [0.1, 0.15) is 0 Å². The molecule has 1 atom stereocenters. The molecule has 2 nitrogen and oxygen atoms in total. The fraction of sp³-hybridized carbons (Fsp3) is 0.462. The molecule has 3 heteroatoms. The number of rotatable bonds is 1. The molecule has 0 unspecified atom stereocenters. The van der Waals surface area contributed by atoms with Crippen LogP contribution in [0.2, 0.25) is 0 Å². The van der Waals surface area contributed by atoms with Crippen molar-refractivity contribution in [2.45, 2.75) is 19.8 Å². The lowest BCUT2D eigenvalue weighted by Crippen LogP contribution is -2.39. The summed E-state index contributed by atoms with van der Waals surface area (Å²) in [6.07, 6.45) is 2.36. The van der Waals surface area contributed by atoms with E-state index in [0.717, 1.165) is 29.5 Å². The number of benzene rings is 1. The lowest BCUT2D eigenvalue weighted by atomic mass is 9.99. The van der Waals surface area contributed by atoms with Crippen molar-refractivity contribution in [3.05, 3.63) is 34.3 Å². The minimum atomic E-state index is 0.160. The van der Waals surface area contributed by atoms with Crippen LogP contribution in [-0.4, -0.2) is 23.9 Å². The monoisotopic (exact) mass is 281 g/mol. The van der Waals surface area contributed by atoms with Crippen molar-refractivity contribution in [3.8, 4) is 0 Å². The average molecular weight is 282 g/mol. The van der Waals surface area contributed by atoms with E-state index >= 15 is 0 Å². The van der Waals surface area contributed by atoms with Crippen LogP contribution >= 0.6 is 15.9 Å². The van der Waals surface area contributed by atoms with Crippen LogP contribution in [0.4, 0.5) is 0 Å². The zero-order valence-electron chi connectivity index (χ0n) is 9.45. The Kier molecular flexibility index (Phi) is 3.64. The first-order valence-corrected chi connectivity index (χ1v) is 6.51. The predicted octanol–water partition coefficient (Wildman–Crippen LogP) is 3.32. The largest absolute Gasteiger partial charge is 0.338 e. The third kappa shape index (κ3) is 2.64. The lowest BCUT2D eigenvalue weighted by molar-refractivity contribution is 0.0683. The number of nitrogens with zero attached hydrogens (tertiary/aromatic N) is 1. The summed E-state index contributed by atoms with van der Waals surface area (Å²) in [6, 6.07) is 7.62. The number of hydrogen-bond donors (Lipinski definition) is 0. The number of piperidine rings is 1. The van der Waals surface area contributed by atoms with Gasteiger partial charge < -0.3 is 4.90 Å². The third-order valence-electron chi connectivity index (χ3n) is 3.02. The van der Waals surface area contributed by atoms with Crippen LogP contribution in [0.1, 0.15) is 30.1 Å². The molecule has 1 aliphatic rings. The molecule has 16 heavy (non-hydrogen) atoms. The molecular weight excluding hydrogens is 266 g/mol. The quantitative estimate of drug-likeness (QED) is 0.773. The zero-order chi connectivity index (χ0) is 11.5. The van der Waals surface area contributed by atoms with Gasteiger partial charge in [-0.2, -0.15) is 0 Å². The van der Waals surface area contributed by atoms with Crippen molar-refractivity contribution < 1.29 is 4.79 Å². The molecule has 0 aromatic heterocycles. The van der Waals surface area contributed by atoms with E-state index in [1.165, 1.54) is 6.42 Å². The van der Waals surface area contributed by atoms with Crippen LogP contribution < -0.4 is 0 Å². The molecule has 0 N–H and O–H groups in total. The summed E-state index contributed by atoms with van der Waals surface area (Å²) >= 11 is 3.40. The van der Waals surface area contributed by atoms with Crippen molar-refractivity contribution >= 4 is 21.8 Å². The Balaban J connectivity index is 2.12. The molecule has 1 aromatic rings. The van der Waals surface area contributed by atoms with Crippen molar-refractivity contribution in [2.75, 3.05) is 13.1 Å². The van der Waals surface area contributed by atoms with Crippen LogP contribution in [0.15, 0.2) is 28.7 Å². The Morgan fingerprint density at radius 2 is 2.31 bits per heavy atom. The van der Waals surface area contributed by atoms with E-state index < -0.39 is 0 Å². The fourth-order valence-electron chi connectivity index (χ4n) is 2.18. The first-order chi connectivity index (χ1) is 7.66. The zero-order valence-corrected chi connectivity index (χ0v) is 11.0. The van der Waals surface area contributed by atoms with Crippen molar-refractivity contribution in [3.63, 3.8) is 0 Å². The smallest absolute Gasteiger partial charge is 0.253 e. The van der Waals surface area contributed by atoms with Gasteiger partial charge in [-0.25, -0.2) is 0 Å². The molecule has 0 radical (unpaired) electrons. The molecule has 0 saturated carbocycles. The van der Waals surface area contributed by atoms with Gasteiger partial charge >= 0.3 is 0 Å². The van der Waals surface area contributed by atoms with Crippen LogP contribution in [0, 0.1) is 5.92 Å². The average Bonchev–Trinajstić information content (AvgIpc) is 2.28. The summed E-state index contributed by atoms with van der Waals surface area (Å²) in [5, 5.41) is 0. The van der Waals surface area contributed by atoms with Crippen molar-refractivity contribution in [1.82, 2.24) is 4.90 Å². The van der Waals surface area contributed by atoms with Crippen molar-refractivity contribution in [2.24, 2.45) is 5.92 Å². The maximum atomic E-state index is 12.2. The van der Waals surface area contributed by atoms with Gasteiger partial charge in [0.25, 0.3) is 5.91 Å². The fourth-order valence-corrected chi connectivity index (χ4v) is 2.58. The molecule has 1 saturated heterocycles. The van der Waals surface area contributed by atoms with E-state index in [0.29, 0.717) is 5.92 Å². The number of likely N-dealkylation sites (tertiary alicyclic amines) is 1. The maximum absolute atomic E-state index is 12.2. The second-order valence-electron chi connectivity index (χ2n) is 4.51. The second kappa shape index (κ2) is 5.00. The van der Waals surface area contributed by atoms with Crippen LogP contribution in [-0.2, 0) is 0 Å². The Morgan fingerprint density at radius 3 is 3.00 bits per heavy atom. The van der Waals surface area contributed by atoms with Gasteiger partial charge in [0, 0.05) is 23.1 Å². The first-order valence-electron chi connectivity index (χ1n) is 5.71. The first kappa shape index (κ1) is 11.6. The van der Waals surface area contributed by atoms with Gasteiger partial charge in [0.05, 0.1) is 0 Å². The van der Waals surface area contributed by atoms with Crippen LogP contribution in [0.25, 0.3) is 0 Å². The van der Waals surface area contributed by atoms with Gasteiger partial charge in [-0.3, -0.25) is 4.79 Å². The second-order valence-corrected chi connectivity index (χ2v) is 5.42. The summed E-state index contributed by atoms with van der Waals surface area (Å²) < 4.78 is 0.961. The summed E-state index contributed by atoms with van der Waals surface area (Å²) in [7, 11) is 0. The van der Waals surface area contributed by atoms with Crippen LogP contribution in [0.5, 0.6) is 0 Å². The maximum Gasteiger partial charge on any atom is 0.253 e. The summed E-state index contributed by atoms with van der Waals surface area (Å²) in [5.41, 5.74) is 0.781. The van der Waals surface area contributed by atoms with E-state index in [1.54, 1.807) is 0 Å². The van der Waals surface area contributed by atoms with E-state index in [9.17, 15) is 4.79 Å². The molecule has 1 heterocycles. The molecule has 0 aliphatic carbocycles. The van der Waals surface area contributed by atoms with Gasteiger partial charge in [0.15, 0.2) is 0 Å². The van der Waals surface area contributed by atoms with E-state index in [1.807, 2.05) is 29.2 Å². The van der Waals surface area contributed by atoms with Crippen molar-refractivity contribution in [1.29, 1.82) is 0 Å². The highest BCUT2D eigenvalue weighted by Crippen LogP contribution is 2.19. The molecule has 86 valence electrons. The Morgan fingerprint density at radius 1 is 1.50 bits per heavy atom. The summed E-state index contributed by atoms with van der Waals surface area (Å²) in [5.74, 6) is 0.790. The number of carbonyl (C=O) groups excluding carboxylic acids is 1. The molecule has 1 aliphatic heterocycles. The predicted molar refractivity (Wildman–Crippen MR) is 68.4 cm³/mol. The van der Waals surface area contributed by atoms with E-state index in [2.05, 4.69) is 22.9 Å². The van der Waals surface area contributed by atoms with Crippen LogP contribution in [0.3, 0.4) is 0 Å². The lowest BCUT2D eigenvalue weighted by Gasteiger charge is -2.31. The standard InChI is InChI=1S/C13H16BrNO/c1-10-4-3-7-15(9-10)13(16)11-5-2-6-12(14)8-11/h2,5-6,8,10H,3-4,7,9H2,1H3/t10-/m1/s1. The number of amides is 1. The molecule has 1 amide bonds. The minimum Gasteiger partial charge on any atom is -0.338 e. The normalized spacial score (nSPS) is 20.9. The Hall–Kier alpha value is -0.830. The topological polar surface area (TPSA) is 20.3 Å². The molecule has 0 spiro atoms. The minimum absolute atomic E-state index is 0.160. The highest BCUT2D eigenvalue weighted by molar-refractivity contribution is 9.10. The van der Waals surface area contributed by atoms with E-state index in [4.69, 9.17) is 0 Å². The highest BCUT2D eigenvalue weighted by Gasteiger charge is 2.21. The van der Waals surface area contributed by atoms with Gasteiger partial charge in [-0.1, -0.05) is 28.9 Å². The van der Waals surface area contributed by atoms with Gasteiger partial charge in [-0.05, 0) is 37.0 Å². The molecule has 1 aromatic carbocycles. The van der Waals surface area contributed by atoms with Gasteiger partial charge in [-0.15, -0.1) is 0 Å². The van der Waals surface area contributed by atoms with E-state index in [-0.39, 0.29) is 5.91 Å². The molecule has 1 fully saturated rings. The molecular formula is C13H16BrNO. The Bertz CT molecular complexity index is 391. The van der Waals surface area contributed by atoms with Gasteiger partial charge in [0.2, 0.25) is 0 Å². The number of halogens is 1. The number of hydrogen-bond acceptors (Lipinski definition) is 1. The number of carbonyl (C=O) groups is 1. The third-order valence-corrected chi connectivity index (χ3v) is 3.51. The highest BCUT2D eigenvalue weighted by atomic mass is 79.9. The summed E-state index contributed by atoms with van der Waals surface area (Å²) in [6.45, 7) is 4.00. The Labute approximate surface area is 105 Å². The molecule has 2 rings (SSSR count). The SMILES string of the molecule is C[C@@H]1CCCN(C(=O)c2cccc(Br)c2)C1.